The van der Waals surface area contributed by atoms with Gasteiger partial charge in [-0.25, -0.2) is 0 Å². The molecule has 1 nitrogen and oxygen atoms in total. The number of hydrogen-bond acceptors (Lipinski definition) is 2. The van der Waals surface area contributed by atoms with Crippen molar-refractivity contribution in [3.63, 3.8) is 0 Å². The zero-order chi connectivity index (χ0) is 8.23. The molecule has 1 aromatic heterocycles. The Kier molecular flexibility index (Phi) is 2.79. The van der Waals surface area contributed by atoms with Crippen molar-refractivity contribution in [3.05, 3.63) is 28.3 Å². The lowest BCUT2D eigenvalue weighted by Crippen LogP contribution is -1.97. The van der Waals surface area contributed by atoms with Gasteiger partial charge in [-0.1, -0.05) is 6.07 Å². The molecule has 0 N–H and O–H groups in total. The standard InChI is InChI=1S/C10H13OS/c1-3-9(5-7-11-6-1)10-4-2-8-12-10/h2,4,8H,1,3,5-7H2. The van der Waals surface area contributed by atoms with Crippen molar-refractivity contribution < 1.29 is 4.74 Å². The highest BCUT2D eigenvalue weighted by atomic mass is 32.1. The molecule has 0 spiro atoms. The SMILES string of the molecule is c1csc([C]2CCCOCC2)c1. The topological polar surface area (TPSA) is 9.23 Å². The molecule has 0 aromatic carbocycles. The molecule has 0 saturated carbocycles. The smallest absolute Gasteiger partial charge is 0.0475 e. The van der Waals surface area contributed by atoms with Gasteiger partial charge in [0.15, 0.2) is 0 Å². The van der Waals surface area contributed by atoms with Crippen LogP contribution in [0.25, 0.3) is 0 Å². The Morgan fingerprint density at radius 2 is 2.25 bits per heavy atom. The molecule has 2 heteroatoms. The zero-order valence-corrected chi connectivity index (χ0v) is 7.90. The van der Waals surface area contributed by atoms with Crippen LogP contribution in [0.2, 0.25) is 0 Å². The van der Waals surface area contributed by atoms with Crippen LogP contribution in [0.5, 0.6) is 0 Å². The predicted octanol–water partition coefficient (Wildman–Crippen LogP) is 2.87. The fourth-order valence-electron chi connectivity index (χ4n) is 1.54. The molecule has 65 valence electrons. The maximum Gasteiger partial charge on any atom is 0.0475 e. The van der Waals surface area contributed by atoms with Gasteiger partial charge in [-0.05, 0) is 30.7 Å². The lowest BCUT2D eigenvalue weighted by atomic mass is 9.99. The normalized spacial score (nSPS) is 20.7. The first-order chi connectivity index (χ1) is 5.97. The Balaban J connectivity index is 2.02. The first-order valence-electron chi connectivity index (χ1n) is 4.43. The predicted molar refractivity (Wildman–Crippen MR) is 51.3 cm³/mol. The summed E-state index contributed by atoms with van der Waals surface area (Å²) in [6.45, 7) is 1.85. The monoisotopic (exact) mass is 181 g/mol. The minimum atomic E-state index is 0.910. The van der Waals surface area contributed by atoms with Gasteiger partial charge < -0.3 is 4.74 Å². The second kappa shape index (κ2) is 4.06. The number of ether oxygens (including phenoxy) is 1. The summed E-state index contributed by atoms with van der Waals surface area (Å²) in [6, 6.07) is 4.34. The van der Waals surface area contributed by atoms with E-state index in [4.69, 9.17) is 4.74 Å². The minimum Gasteiger partial charge on any atom is -0.381 e. The van der Waals surface area contributed by atoms with Crippen LogP contribution in [-0.2, 0) is 4.74 Å². The van der Waals surface area contributed by atoms with Gasteiger partial charge in [0.25, 0.3) is 0 Å². The summed E-state index contributed by atoms with van der Waals surface area (Å²) < 4.78 is 5.41. The second-order valence-electron chi connectivity index (χ2n) is 3.05. The summed E-state index contributed by atoms with van der Waals surface area (Å²) in [7, 11) is 0. The van der Waals surface area contributed by atoms with Gasteiger partial charge in [-0.2, -0.15) is 0 Å². The van der Waals surface area contributed by atoms with Crippen LogP contribution in [0.4, 0.5) is 0 Å². The summed E-state index contributed by atoms with van der Waals surface area (Å²) in [5.74, 6) is 1.59. The molecule has 1 aliphatic heterocycles. The third kappa shape index (κ3) is 1.87. The van der Waals surface area contributed by atoms with E-state index in [1.165, 1.54) is 17.7 Å². The van der Waals surface area contributed by atoms with E-state index in [9.17, 15) is 0 Å². The highest BCUT2D eigenvalue weighted by molar-refractivity contribution is 7.10. The van der Waals surface area contributed by atoms with Crippen molar-refractivity contribution >= 4 is 11.3 Å². The molecule has 0 aliphatic carbocycles. The lowest BCUT2D eigenvalue weighted by Gasteiger charge is -2.08. The van der Waals surface area contributed by atoms with E-state index in [0.29, 0.717) is 0 Å². The van der Waals surface area contributed by atoms with Gasteiger partial charge >= 0.3 is 0 Å². The number of hydrogen-bond donors (Lipinski definition) is 0. The van der Waals surface area contributed by atoms with Gasteiger partial charge in [0.05, 0.1) is 0 Å². The largest absolute Gasteiger partial charge is 0.381 e. The van der Waals surface area contributed by atoms with Crippen molar-refractivity contribution in [2.45, 2.75) is 19.3 Å². The van der Waals surface area contributed by atoms with E-state index < -0.39 is 0 Å². The Hall–Kier alpha value is -0.340. The maximum absolute atomic E-state index is 5.41. The molecule has 0 atom stereocenters. The van der Waals surface area contributed by atoms with Crippen molar-refractivity contribution in [3.8, 4) is 0 Å². The molecule has 0 bridgehead atoms. The van der Waals surface area contributed by atoms with Crippen molar-refractivity contribution in [2.24, 2.45) is 0 Å². The molecule has 12 heavy (non-hydrogen) atoms. The summed E-state index contributed by atoms with van der Waals surface area (Å²) in [5.41, 5.74) is 0. The number of thiophene rings is 1. The molecule has 1 radical (unpaired) electrons. The molecule has 1 saturated heterocycles. The third-order valence-electron chi connectivity index (χ3n) is 2.19. The summed E-state index contributed by atoms with van der Waals surface area (Å²) >= 11 is 1.85. The van der Waals surface area contributed by atoms with Crippen molar-refractivity contribution in [1.82, 2.24) is 0 Å². The first kappa shape index (κ1) is 8.27. The lowest BCUT2D eigenvalue weighted by molar-refractivity contribution is 0.145. The zero-order valence-electron chi connectivity index (χ0n) is 7.08. The molecule has 2 rings (SSSR count). The average molecular weight is 181 g/mol. The van der Waals surface area contributed by atoms with Crippen molar-refractivity contribution in [1.29, 1.82) is 0 Å². The van der Waals surface area contributed by atoms with E-state index in [1.54, 1.807) is 5.92 Å². The van der Waals surface area contributed by atoms with Crippen LogP contribution in [0, 0.1) is 5.92 Å². The van der Waals surface area contributed by atoms with Crippen LogP contribution in [0.15, 0.2) is 17.5 Å². The Morgan fingerprint density at radius 3 is 3.08 bits per heavy atom. The van der Waals surface area contributed by atoms with Crippen molar-refractivity contribution in [2.75, 3.05) is 13.2 Å². The van der Waals surface area contributed by atoms with Crippen LogP contribution >= 0.6 is 11.3 Å². The van der Waals surface area contributed by atoms with E-state index in [-0.39, 0.29) is 0 Å². The fraction of sp³-hybridized carbons (Fsp3) is 0.500. The van der Waals surface area contributed by atoms with Gasteiger partial charge in [-0.3, -0.25) is 0 Å². The molecule has 1 aliphatic rings. The number of rotatable bonds is 1. The molecular weight excluding hydrogens is 168 g/mol. The molecule has 0 unspecified atom stereocenters. The molecule has 2 heterocycles. The van der Waals surface area contributed by atoms with Crippen LogP contribution in [-0.4, -0.2) is 13.2 Å². The highest BCUT2D eigenvalue weighted by Crippen LogP contribution is 2.29. The second-order valence-corrected chi connectivity index (χ2v) is 3.99. The summed E-state index contributed by atoms with van der Waals surface area (Å²) in [5, 5.41) is 2.15. The molecular formula is C10H13OS. The maximum atomic E-state index is 5.41. The highest BCUT2D eigenvalue weighted by Gasteiger charge is 2.15. The first-order valence-corrected chi connectivity index (χ1v) is 5.31. The molecule has 1 fully saturated rings. The van der Waals surface area contributed by atoms with E-state index in [0.717, 1.165) is 19.6 Å². The average Bonchev–Trinajstić information content (AvgIpc) is 2.48. The Morgan fingerprint density at radius 1 is 1.25 bits per heavy atom. The summed E-state index contributed by atoms with van der Waals surface area (Å²) in [4.78, 5) is 1.46. The van der Waals surface area contributed by atoms with Gasteiger partial charge in [-0.15, -0.1) is 11.3 Å². The van der Waals surface area contributed by atoms with E-state index >= 15 is 0 Å². The Bertz CT molecular complexity index is 210. The van der Waals surface area contributed by atoms with Gasteiger partial charge in [0.2, 0.25) is 0 Å². The Labute approximate surface area is 77.4 Å². The minimum absolute atomic E-state index is 0.910. The van der Waals surface area contributed by atoms with Crippen LogP contribution in [0.3, 0.4) is 0 Å². The van der Waals surface area contributed by atoms with E-state index in [1.807, 2.05) is 11.3 Å². The molecule has 1 aromatic rings. The molecule has 0 amide bonds. The third-order valence-corrected chi connectivity index (χ3v) is 3.16. The van der Waals surface area contributed by atoms with E-state index in [2.05, 4.69) is 17.5 Å². The quantitative estimate of drug-likeness (QED) is 0.647. The van der Waals surface area contributed by atoms with Gasteiger partial charge in [0, 0.05) is 24.0 Å². The van der Waals surface area contributed by atoms with Crippen LogP contribution < -0.4 is 0 Å². The van der Waals surface area contributed by atoms with Crippen LogP contribution in [0.1, 0.15) is 24.1 Å². The van der Waals surface area contributed by atoms with Gasteiger partial charge in [0.1, 0.15) is 0 Å². The fourth-order valence-corrected chi connectivity index (χ4v) is 2.37. The summed E-state index contributed by atoms with van der Waals surface area (Å²) in [6.07, 6.45) is 3.54.